The Morgan fingerprint density at radius 1 is 1.06 bits per heavy atom. The summed E-state index contributed by atoms with van der Waals surface area (Å²) >= 11 is 0. The van der Waals surface area contributed by atoms with Crippen molar-refractivity contribution in [2.75, 3.05) is 0 Å². The van der Waals surface area contributed by atoms with Gasteiger partial charge in [-0.15, -0.1) is 0 Å². The lowest BCUT2D eigenvalue weighted by atomic mass is 9.87. The predicted molar refractivity (Wildman–Crippen MR) is 137 cm³/mol. The van der Waals surface area contributed by atoms with Crippen LogP contribution in [0.3, 0.4) is 0 Å². The second kappa shape index (κ2) is 9.49. The van der Waals surface area contributed by atoms with Gasteiger partial charge in [0.05, 0.1) is 28.5 Å². The molecule has 2 aromatic carbocycles. The number of aryl methyl sites for hydroxylation is 5. The zero-order valence-corrected chi connectivity index (χ0v) is 20.5. The summed E-state index contributed by atoms with van der Waals surface area (Å²) in [7, 11) is 0. The number of carbonyl (C=O) groups excluding carboxylic acids is 1. The second-order valence-electron chi connectivity index (χ2n) is 9.48. The summed E-state index contributed by atoms with van der Waals surface area (Å²) < 4.78 is 3.26. The van der Waals surface area contributed by atoms with Crippen LogP contribution in [0.4, 0.5) is 0 Å². The molecule has 0 radical (unpaired) electrons. The van der Waals surface area contributed by atoms with Gasteiger partial charge in [-0.1, -0.05) is 42.0 Å². The van der Waals surface area contributed by atoms with E-state index in [1.807, 2.05) is 51.1 Å². The molecule has 180 valence electrons. The van der Waals surface area contributed by atoms with Gasteiger partial charge < -0.3 is 5.32 Å². The predicted octanol–water partition coefficient (Wildman–Crippen LogP) is 4.48. The van der Waals surface area contributed by atoms with Crippen molar-refractivity contribution in [3.8, 4) is 5.69 Å². The van der Waals surface area contributed by atoms with E-state index in [1.165, 1.54) is 21.4 Å². The molecule has 0 fully saturated rings. The van der Waals surface area contributed by atoms with Crippen LogP contribution < -0.4 is 10.9 Å². The molecule has 7 heteroatoms. The molecule has 1 aliphatic carbocycles. The molecule has 0 saturated carbocycles. The van der Waals surface area contributed by atoms with Crippen molar-refractivity contribution >= 4 is 16.8 Å². The van der Waals surface area contributed by atoms with E-state index >= 15 is 0 Å². The topological polar surface area (TPSA) is 81.8 Å². The van der Waals surface area contributed by atoms with Gasteiger partial charge in [-0.25, -0.2) is 9.36 Å². The third-order valence-corrected chi connectivity index (χ3v) is 6.94. The molecule has 7 nitrogen and oxygen atoms in total. The van der Waals surface area contributed by atoms with E-state index in [-0.39, 0.29) is 17.5 Å². The summed E-state index contributed by atoms with van der Waals surface area (Å²) in [5.74, 6) is 0.0112. The third-order valence-electron chi connectivity index (χ3n) is 6.94. The van der Waals surface area contributed by atoms with E-state index in [2.05, 4.69) is 33.7 Å². The van der Waals surface area contributed by atoms with Crippen molar-refractivity contribution < 1.29 is 4.79 Å². The van der Waals surface area contributed by atoms with Gasteiger partial charge in [-0.05, 0) is 69.7 Å². The van der Waals surface area contributed by atoms with Gasteiger partial charge in [-0.2, -0.15) is 10.2 Å². The van der Waals surface area contributed by atoms with Gasteiger partial charge >= 0.3 is 0 Å². The number of hydrogen-bond donors (Lipinski definition) is 1. The highest BCUT2D eigenvalue weighted by Gasteiger charge is 2.21. The molecule has 0 aliphatic heterocycles. The van der Waals surface area contributed by atoms with Crippen LogP contribution in [-0.2, 0) is 17.8 Å². The van der Waals surface area contributed by atoms with Crippen LogP contribution in [0.2, 0.25) is 0 Å². The number of rotatable bonds is 6. The normalized spacial score (nSPS) is 15.2. The van der Waals surface area contributed by atoms with Gasteiger partial charge in [-0.3, -0.25) is 9.59 Å². The summed E-state index contributed by atoms with van der Waals surface area (Å²) in [6, 6.07) is 16.5. The van der Waals surface area contributed by atoms with Crippen LogP contribution in [0.1, 0.15) is 59.8 Å². The monoisotopic (exact) mass is 469 g/mol. The molecule has 1 aliphatic rings. The van der Waals surface area contributed by atoms with Crippen molar-refractivity contribution in [3.05, 3.63) is 87.0 Å². The van der Waals surface area contributed by atoms with Crippen LogP contribution >= 0.6 is 0 Å². The van der Waals surface area contributed by atoms with Crippen LogP contribution in [-0.4, -0.2) is 25.5 Å². The first kappa shape index (κ1) is 23.0. The van der Waals surface area contributed by atoms with Crippen molar-refractivity contribution in [1.29, 1.82) is 0 Å². The smallest absolute Gasteiger partial charge is 0.295 e. The minimum Gasteiger partial charge on any atom is -0.349 e. The lowest BCUT2D eigenvalue weighted by Gasteiger charge is -2.26. The van der Waals surface area contributed by atoms with Crippen molar-refractivity contribution in [1.82, 2.24) is 24.9 Å². The molecule has 1 atom stereocenters. The standard InChI is InChI=1S/C28H31N5O2/c1-18-13-15-22(16-14-18)33-20(3)26-19(2)30-32(28(35)27(26)31-33)17-7-12-25(34)29-24-11-6-9-21-8-4-5-10-23(21)24/h4-5,8,10,13-16,24H,6-7,9,11-12,17H2,1-3H3,(H,29,34)/t24-/m0/s1. The van der Waals surface area contributed by atoms with Gasteiger partial charge in [0.2, 0.25) is 5.91 Å². The molecular weight excluding hydrogens is 438 g/mol. The molecule has 4 aromatic rings. The van der Waals surface area contributed by atoms with Crippen LogP contribution in [0, 0.1) is 20.8 Å². The Bertz CT molecular complexity index is 1450. The highest BCUT2D eigenvalue weighted by atomic mass is 16.1. The Morgan fingerprint density at radius 2 is 1.83 bits per heavy atom. The fraction of sp³-hybridized carbons (Fsp3) is 0.357. The van der Waals surface area contributed by atoms with E-state index in [9.17, 15) is 9.59 Å². The molecule has 5 rings (SSSR count). The number of benzene rings is 2. The Kier molecular flexibility index (Phi) is 6.24. The SMILES string of the molecule is Cc1ccc(-n2nc3c(=O)n(CCCC(=O)N[C@H]4CCCc5ccccc54)nc(C)c3c2C)cc1. The maximum Gasteiger partial charge on any atom is 0.295 e. The van der Waals surface area contributed by atoms with E-state index < -0.39 is 0 Å². The quantitative estimate of drug-likeness (QED) is 0.451. The van der Waals surface area contributed by atoms with Crippen LogP contribution in [0.15, 0.2) is 53.3 Å². The van der Waals surface area contributed by atoms with E-state index in [1.54, 1.807) is 4.68 Å². The first-order valence-electron chi connectivity index (χ1n) is 12.3. The maximum absolute atomic E-state index is 13.2. The Labute approximate surface area is 204 Å². The minimum absolute atomic E-state index is 0.0112. The number of nitrogens with zero attached hydrogens (tertiary/aromatic N) is 4. The number of nitrogens with one attached hydrogen (secondary N) is 1. The summed E-state index contributed by atoms with van der Waals surface area (Å²) in [6.07, 6.45) is 3.99. The molecule has 0 unspecified atom stereocenters. The molecule has 0 saturated heterocycles. The molecule has 1 amide bonds. The second-order valence-corrected chi connectivity index (χ2v) is 9.48. The Hall–Kier alpha value is -3.74. The molecule has 2 aromatic heterocycles. The summed E-state index contributed by atoms with van der Waals surface area (Å²) in [5.41, 5.74) is 6.48. The largest absolute Gasteiger partial charge is 0.349 e. The average molecular weight is 470 g/mol. The fourth-order valence-corrected chi connectivity index (χ4v) is 5.13. The highest BCUT2D eigenvalue weighted by Crippen LogP contribution is 2.29. The van der Waals surface area contributed by atoms with Gasteiger partial charge in [0.15, 0.2) is 5.52 Å². The Morgan fingerprint density at radius 3 is 2.63 bits per heavy atom. The molecule has 0 bridgehead atoms. The van der Waals surface area contributed by atoms with Gasteiger partial charge in [0, 0.05) is 13.0 Å². The highest BCUT2D eigenvalue weighted by molar-refractivity contribution is 5.83. The zero-order valence-electron chi connectivity index (χ0n) is 20.5. The molecule has 35 heavy (non-hydrogen) atoms. The van der Waals surface area contributed by atoms with Crippen molar-refractivity contribution in [3.63, 3.8) is 0 Å². The molecular formula is C28H31N5O2. The fourth-order valence-electron chi connectivity index (χ4n) is 5.13. The number of hydrogen-bond acceptors (Lipinski definition) is 4. The summed E-state index contributed by atoms with van der Waals surface area (Å²) in [6.45, 7) is 6.28. The van der Waals surface area contributed by atoms with Crippen LogP contribution in [0.25, 0.3) is 16.6 Å². The Balaban J connectivity index is 1.29. The van der Waals surface area contributed by atoms with E-state index in [0.29, 0.717) is 24.9 Å². The van der Waals surface area contributed by atoms with Crippen molar-refractivity contribution in [2.45, 2.75) is 65.5 Å². The first-order chi connectivity index (χ1) is 16.9. The average Bonchev–Trinajstić information content (AvgIpc) is 3.21. The summed E-state index contributed by atoms with van der Waals surface area (Å²) in [4.78, 5) is 25.9. The number of carbonyl (C=O) groups is 1. The van der Waals surface area contributed by atoms with Gasteiger partial charge in [0.25, 0.3) is 5.56 Å². The lowest BCUT2D eigenvalue weighted by molar-refractivity contribution is -0.122. The molecule has 2 heterocycles. The zero-order chi connectivity index (χ0) is 24.5. The lowest BCUT2D eigenvalue weighted by Crippen LogP contribution is -2.31. The van der Waals surface area contributed by atoms with Crippen molar-refractivity contribution in [2.24, 2.45) is 0 Å². The molecule has 1 N–H and O–H groups in total. The third kappa shape index (κ3) is 4.50. The van der Waals surface area contributed by atoms with E-state index in [4.69, 9.17) is 0 Å². The number of aromatic nitrogens is 4. The number of amides is 1. The number of fused-ring (bicyclic) bond motifs is 2. The minimum atomic E-state index is -0.221. The van der Waals surface area contributed by atoms with Gasteiger partial charge in [0.1, 0.15) is 0 Å². The van der Waals surface area contributed by atoms with Crippen LogP contribution in [0.5, 0.6) is 0 Å². The first-order valence-corrected chi connectivity index (χ1v) is 12.3. The maximum atomic E-state index is 13.2. The summed E-state index contributed by atoms with van der Waals surface area (Å²) in [5, 5.41) is 13.2. The van der Waals surface area contributed by atoms with E-state index in [0.717, 1.165) is 41.7 Å². The molecule has 0 spiro atoms.